The first-order chi connectivity index (χ1) is 18.0. The van der Waals surface area contributed by atoms with Crippen molar-refractivity contribution in [3.63, 3.8) is 0 Å². The highest BCUT2D eigenvalue weighted by atomic mass is 19.1. The zero-order valence-corrected chi connectivity index (χ0v) is 20.3. The highest BCUT2D eigenvalue weighted by Gasteiger charge is 2.59. The normalized spacial score (nSPS) is 25.1. The average Bonchev–Trinajstić information content (AvgIpc) is 3.63. The third-order valence-electron chi connectivity index (χ3n) is 8.45. The fraction of sp³-hybridized carbons (Fsp3) is 0.370. The molecule has 0 bridgehead atoms. The molecule has 1 aliphatic carbocycles. The largest absolute Gasteiger partial charge is 0.493 e. The van der Waals surface area contributed by atoms with Gasteiger partial charge in [0.2, 0.25) is 0 Å². The van der Waals surface area contributed by atoms with Gasteiger partial charge in [0.25, 0.3) is 11.8 Å². The fourth-order valence-corrected chi connectivity index (χ4v) is 6.70. The summed E-state index contributed by atoms with van der Waals surface area (Å²) in [6.45, 7) is 4.92. The molecule has 3 aliphatic heterocycles. The van der Waals surface area contributed by atoms with E-state index >= 15 is 0 Å². The molecule has 37 heavy (non-hydrogen) atoms. The third-order valence-corrected chi connectivity index (χ3v) is 8.45. The summed E-state index contributed by atoms with van der Waals surface area (Å²) in [7, 11) is 0. The number of halogens is 1. The first kappa shape index (κ1) is 22.3. The van der Waals surface area contributed by atoms with E-state index in [1.807, 2.05) is 36.1 Å². The van der Waals surface area contributed by atoms with Gasteiger partial charge in [-0.2, -0.15) is 0 Å². The lowest BCUT2D eigenvalue weighted by molar-refractivity contribution is 0.0629. The van der Waals surface area contributed by atoms with Crippen molar-refractivity contribution < 1.29 is 18.7 Å². The van der Waals surface area contributed by atoms with E-state index < -0.39 is 5.82 Å². The van der Waals surface area contributed by atoms with E-state index in [0.717, 1.165) is 10.9 Å². The van der Waals surface area contributed by atoms with Crippen LogP contribution in [0.4, 0.5) is 15.8 Å². The Morgan fingerprint density at radius 3 is 2.35 bits per heavy atom. The van der Waals surface area contributed by atoms with Gasteiger partial charge in [-0.15, -0.1) is 5.53 Å². The first-order valence-electron chi connectivity index (χ1n) is 12.7. The van der Waals surface area contributed by atoms with E-state index in [1.165, 1.54) is 6.07 Å². The number of amides is 2. The molecule has 1 aromatic heterocycles. The molecule has 2 amide bonds. The smallest absolute Gasteiger partial charge is 0.272 e. The van der Waals surface area contributed by atoms with Crippen LogP contribution < -0.4 is 21.1 Å². The number of nitrogens with one attached hydrogen (secondary N) is 3. The van der Waals surface area contributed by atoms with Gasteiger partial charge in [0, 0.05) is 37.6 Å². The average molecular weight is 503 g/mol. The fourth-order valence-electron chi connectivity index (χ4n) is 6.70. The van der Waals surface area contributed by atoms with Gasteiger partial charge in [-0.05, 0) is 54.9 Å². The van der Waals surface area contributed by atoms with Crippen LogP contribution >= 0.6 is 0 Å². The molecule has 0 unspecified atom stereocenters. The second kappa shape index (κ2) is 8.31. The summed E-state index contributed by atoms with van der Waals surface area (Å²) >= 11 is 0. The van der Waals surface area contributed by atoms with Crippen molar-refractivity contribution in [3.8, 4) is 5.75 Å². The van der Waals surface area contributed by atoms with Crippen molar-refractivity contribution >= 4 is 34.1 Å². The SMILES string of the molecule is CCOc1cc(C(=O)N2C[C@@H]3[C@H](C2)[C@H]2CN(C(=O)c4ccc5c(c4F)NNN5)C[C@@H]32)nc2ccccc12. The van der Waals surface area contributed by atoms with Crippen LogP contribution in [0.15, 0.2) is 42.5 Å². The first-order valence-corrected chi connectivity index (χ1v) is 12.7. The topological polar surface area (TPSA) is 98.8 Å². The van der Waals surface area contributed by atoms with Gasteiger partial charge in [-0.1, -0.05) is 12.1 Å². The minimum Gasteiger partial charge on any atom is -0.493 e. The predicted octanol–water partition coefficient (Wildman–Crippen LogP) is 3.12. The Labute approximate surface area is 212 Å². The second-order valence-electron chi connectivity index (χ2n) is 10.3. The minimum atomic E-state index is -0.550. The summed E-state index contributed by atoms with van der Waals surface area (Å²) in [6.07, 6.45) is 0. The number of nitrogens with zero attached hydrogens (tertiary/aromatic N) is 3. The number of fused-ring (bicyclic) bond motifs is 6. The Morgan fingerprint density at radius 1 is 0.973 bits per heavy atom. The number of likely N-dealkylation sites (tertiary alicyclic amines) is 2. The van der Waals surface area contributed by atoms with Crippen LogP contribution in [0.25, 0.3) is 10.9 Å². The molecule has 7 rings (SSSR count). The summed E-state index contributed by atoms with van der Waals surface area (Å²) in [5.74, 6) is 1.11. The minimum absolute atomic E-state index is 0.0764. The maximum Gasteiger partial charge on any atom is 0.272 e. The molecule has 190 valence electrons. The zero-order chi connectivity index (χ0) is 25.3. The lowest BCUT2D eigenvalue weighted by Crippen LogP contribution is -2.44. The molecule has 10 heteroatoms. The maximum absolute atomic E-state index is 14.9. The van der Waals surface area contributed by atoms with Crippen LogP contribution in [0, 0.1) is 29.5 Å². The van der Waals surface area contributed by atoms with Crippen LogP contribution in [0.5, 0.6) is 5.75 Å². The van der Waals surface area contributed by atoms with Gasteiger partial charge in [0.05, 0.1) is 23.4 Å². The quantitative estimate of drug-likeness (QED) is 0.504. The van der Waals surface area contributed by atoms with Crippen molar-refractivity contribution in [2.24, 2.45) is 23.7 Å². The Morgan fingerprint density at radius 2 is 1.65 bits per heavy atom. The van der Waals surface area contributed by atoms with Crippen molar-refractivity contribution in [2.45, 2.75) is 6.92 Å². The van der Waals surface area contributed by atoms with Gasteiger partial charge < -0.3 is 20.0 Å². The molecule has 4 aliphatic rings. The molecule has 0 radical (unpaired) electrons. The molecular formula is C27H27FN6O3. The standard InChI is InChI=1S/C27H27FN6O3/c1-2-37-23-9-22(29-20-6-4-3-5-14(20)23)27(36)34-12-18-16-10-33(11-17(16)19(18)13-34)26(35)15-7-8-21-25(24(15)28)31-32-30-21/h3-9,16-19,30-32H,2,10-13H2,1H3/t16-,17+,18+,19-. The molecule has 3 N–H and O–H groups in total. The number of benzene rings is 2. The monoisotopic (exact) mass is 502 g/mol. The second-order valence-corrected chi connectivity index (χ2v) is 10.3. The third kappa shape index (κ3) is 3.35. The maximum atomic E-state index is 14.9. The number of carbonyl (C=O) groups excluding carboxylic acids is 2. The number of para-hydroxylation sites is 1. The summed E-state index contributed by atoms with van der Waals surface area (Å²) < 4.78 is 20.8. The number of rotatable bonds is 4. The van der Waals surface area contributed by atoms with Crippen LogP contribution in [0.2, 0.25) is 0 Å². The molecule has 2 aromatic carbocycles. The number of carbonyl (C=O) groups is 2. The van der Waals surface area contributed by atoms with E-state index in [1.54, 1.807) is 17.0 Å². The number of hydrogen-bond acceptors (Lipinski definition) is 7. The van der Waals surface area contributed by atoms with E-state index in [0.29, 0.717) is 73.6 Å². The number of hydrogen-bond donors (Lipinski definition) is 3. The van der Waals surface area contributed by atoms with Crippen molar-refractivity contribution in [1.82, 2.24) is 20.3 Å². The van der Waals surface area contributed by atoms with Crippen molar-refractivity contribution in [3.05, 3.63) is 59.5 Å². The summed E-state index contributed by atoms with van der Waals surface area (Å²) in [6, 6.07) is 12.7. The summed E-state index contributed by atoms with van der Waals surface area (Å²) in [5.41, 5.74) is 10.2. The molecule has 1 saturated carbocycles. The molecule has 9 nitrogen and oxygen atoms in total. The highest BCUT2D eigenvalue weighted by molar-refractivity contribution is 5.98. The van der Waals surface area contributed by atoms with E-state index in [-0.39, 0.29) is 23.1 Å². The predicted molar refractivity (Wildman–Crippen MR) is 135 cm³/mol. The van der Waals surface area contributed by atoms with Gasteiger partial charge in [-0.25, -0.2) is 9.37 Å². The summed E-state index contributed by atoms with van der Waals surface area (Å²) in [4.78, 5) is 35.0. The van der Waals surface area contributed by atoms with E-state index in [4.69, 9.17) is 4.74 Å². The summed E-state index contributed by atoms with van der Waals surface area (Å²) in [5, 5.41) is 0.893. The highest BCUT2D eigenvalue weighted by Crippen LogP contribution is 2.54. The molecule has 2 saturated heterocycles. The van der Waals surface area contributed by atoms with Gasteiger partial charge >= 0.3 is 0 Å². The Kier molecular flexibility index (Phi) is 5.00. The Balaban J connectivity index is 1.06. The molecule has 3 fully saturated rings. The molecule has 3 aromatic rings. The number of hydrazine groups is 2. The van der Waals surface area contributed by atoms with Crippen molar-refractivity contribution in [2.75, 3.05) is 43.6 Å². The Bertz CT molecular complexity index is 1430. The number of ether oxygens (including phenoxy) is 1. The number of aromatic nitrogens is 1. The van der Waals surface area contributed by atoms with Crippen LogP contribution in [-0.4, -0.2) is 59.4 Å². The number of anilines is 2. The molecule has 4 atom stereocenters. The van der Waals surface area contributed by atoms with Gasteiger partial charge in [0.1, 0.15) is 17.1 Å². The van der Waals surface area contributed by atoms with E-state index in [9.17, 15) is 14.0 Å². The molecule has 0 spiro atoms. The van der Waals surface area contributed by atoms with E-state index in [2.05, 4.69) is 21.4 Å². The molecule has 4 heterocycles. The van der Waals surface area contributed by atoms with Crippen LogP contribution in [-0.2, 0) is 0 Å². The van der Waals surface area contributed by atoms with Crippen LogP contribution in [0.3, 0.4) is 0 Å². The Hall–Kier alpha value is -3.92. The molecular weight excluding hydrogens is 475 g/mol. The lowest BCUT2D eigenvalue weighted by atomic mass is 9.60. The number of pyridine rings is 1. The zero-order valence-electron chi connectivity index (χ0n) is 20.3. The van der Waals surface area contributed by atoms with Crippen molar-refractivity contribution in [1.29, 1.82) is 0 Å². The van der Waals surface area contributed by atoms with Gasteiger partial charge in [0.15, 0.2) is 5.82 Å². The lowest BCUT2D eigenvalue weighted by Gasteiger charge is -2.42. The van der Waals surface area contributed by atoms with Gasteiger partial charge in [-0.3, -0.25) is 15.0 Å². The van der Waals surface area contributed by atoms with Crippen LogP contribution in [0.1, 0.15) is 27.8 Å².